The Labute approximate surface area is 122 Å². The molecule has 0 fully saturated rings. The van der Waals surface area contributed by atoms with Gasteiger partial charge in [0.25, 0.3) is 0 Å². The maximum Gasteiger partial charge on any atom is 0.387 e. The third-order valence-electron chi connectivity index (χ3n) is 2.93. The molecule has 2 aromatic rings. The third kappa shape index (κ3) is 3.78. The fourth-order valence-corrected chi connectivity index (χ4v) is 2.09. The largest absolute Gasteiger partial charge is 0.432 e. The summed E-state index contributed by atoms with van der Waals surface area (Å²) in [5.74, 6) is 0.0694. The molecule has 4 nitrogen and oxygen atoms in total. The number of alkyl halides is 2. The van der Waals surface area contributed by atoms with Crippen molar-refractivity contribution in [2.24, 2.45) is 0 Å². The normalized spacial score (nSPS) is 11.1. The zero-order chi connectivity index (χ0) is 15.2. The molecule has 0 atom stereocenters. The number of aromatic nitrogens is 1. The maximum atomic E-state index is 12.5. The number of fused-ring (bicyclic) bond motifs is 1. The first-order valence-electron chi connectivity index (χ1n) is 6.76. The van der Waals surface area contributed by atoms with Gasteiger partial charge in [-0.3, -0.25) is 0 Å². The molecule has 0 aliphatic carbocycles. The van der Waals surface area contributed by atoms with Gasteiger partial charge >= 0.3 is 6.61 Å². The predicted octanol–water partition coefficient (Wildman–Crippen LogP) is 3.80. The lowest BCUT2D eigenvalue weighted by molar-refractivity contribution is -0.0489. The van der Waals surface area contributed by atoms with Gasteiger partial charge in [-0.15, -0.1) is 0 Å². The van der Waals surface area contributed by atoms with E-state index in [1.54, 1.807) is 13.2 Å². The number of benzene rings is 1. The van der Waals surface area contributed by atoms with E-state index in [1.807, 2.05) is 12.1 Å². The topological polar surface area (TPSA) is 43.4 Å². The molecule has 1 aromatic carbocycles. The summed E-state index contributed by atoms with van der Waals surface area (Å²) in [7, 11) is 1.56. The number of hydrogen-bond acceptors (Lipinski definition) is 4. The number of anilines is 1. The van der Waals surface area contributed by atoms with Crippen LogP contribution in [-0.4, -0.2) is 25.3 Å². The summed E-state index contributed by atoms with van der Waals surface area (Å²) in [4.78, 5) is 4.36. The number of rotatable bonds is 7. The van der Waals surface area contributed by atoms with Gasteiger partial charge in [0.2, 0.25) is 0 Å². The minimum absolute atomic E-state index is 0.0694. The Hall–Kier alpha value is -1.95. The zero-order valence-corrected chi connectivity index (χ0v) is 12.0. The highest BCUT2D eigenvalue weighted by Gasteiger charge is 2.13. The number of methoxy groups -OCH3 is 1. The van der Waals surface area contributed by atoms with Crippen molar-refractivity contribution in [3.05, 3.63) is 30.0 Å². The summed E-state index contributed by atoms with van der Waals surface area (Å²) in [6.07, 6.45) is 0.955. The molecule has 0 saturated heterocycles. The minimum atomic E-state index is -2.88. The van der Waals surface area contributed by atoms with Crippen molar-refractivity contribution in [1.82, 2.24) is 4.98 Å². The number of para-hydroxylation sites is 1. The summed E-state index contributed by atoms with van der Waals surface area (Å²) in [5, 5.41) is 4.03. The van der Waals surface area contributed by atoms with E-state index in [1.165, 1.54) is 6.07 Å². The van der Waals surface area contributed by atoms with Crippen LogP contribution in [-0.2, 0) is 11.3 Å². The lowest BCUT2D eigenvalue weighted by Gasteiger charge is -2.14. The SMILES string of the molecule is CCCNc1cc(COC)nc2c(OC(F)F)cccc12. The molecule has 21 heavy (non-hydrogen) atoms. The van der Waals surface area contributed by atoms with E-state index in [2.05, 4.69) is 22.0 Å². The van der Waals surface area contributed by atoms with Gasteiger partial charge in [-0.25, -0.2) is 4.98 Å². The number of hydrogen-bond donors (Lipinski definition) is 1. The first-order chi connectivity index (χ1) is 10.2. The molecular weight excluding hydrogens is 278 g/mol. The van der Waals surface area contributed by atoms with Crippen molar-refractivity contribution in [2.45, 2.75) is 26.6 Å². The fraction of sp³-hybridized carbons (Fsp3) is 0.400. The summed E-state index contributed by atoms with van der Waals surface area (Å²) in [6, 6.07) is 6.86. The van der Waals surface area contributed by atoms with Crippen LogP contribution in [0.3, 0.4) is 0 Å². The second kappa shape index (κ2) is 7.17. The molecule has 114 valence electrons. The van der Waals surface area contributed by atoms with Gasteiger partial charge in [0, 0.05) is 24.7 Å². The van der Waals surface area contributed by atoms with Crippen LogP contribution >= 0.6 is 0 Å². The molecule has 1 heterocycles. The number of pyridine rings is 1. The number of nitrogens with zero attached hydrogens (tertiary/aromatic N) is 1. The predicted molar refractivity (Wildman–Crippen MR) is 77.9 cm³/mol. The summed E-state index contributed by atoms with van der Waals surface area (Å²) < 4.78 is 34.7. The Balaban J connectivity index is 2.54. The molecule has 0 unspecified atom stereocenters. The third-order valence-corrected chi connectivity index (χ3v) is 2.93. The summed E-state index contributed by atoms with van der Waals surface area (Å²) >= 11 is 0. The van der Waals surface area contributed by atoms with Crippen LogP contribution in [0.5, 0.6) is 5.75 Å². The smallest absolute Gasteiger partial charge is 0.387 e. The average Bonchev–Trinajstić information content (AvgIpc) is 2.45. The van der Waals surface area contributed by atoms with Gasteiger partial charge < -0.3 is 14.8 Å². The number of ether oxygens (including phenoxy) is 2. The Morgan fingerprint density at radius 3 is 2.81 bits per heavy atom. The van der Waals surface area contributed by atoms with E-state index >= 15 is 0 Å². The van der Waals surface area contributed by atoms with Crippen molar-refractivity contribution in [3.63, 3.8) is 0 Å². The highest BCUT2D eigenvalue weighted by molar-refractivity contribution is 5.95. The first-order valence-corrected chi connectivity index (χ1v) is 6.76. The molecule has 0 spiro atoms. The van der Waals surface area contributed by atoms with Gasteiger partial charge in [0.05, 0.1) is 12.3 Å². The molecule has 2 rings (SSSR count). The molecule has 0 aliphatic rings. The van der Waals surface area contributed by atoms with Gasteiger partial charge in [-0.1, -0.05) is 19.1 Å². The van der Waals surface area contributed by atoms with Crippen LogP contribution in [0, 0.1) is 0 Å². The standard InChI is InChI=1S/C15H18F2N2O2/c1-3-7-18-12-8-10(9-20-2)19-14-11(12)5-4-6-13(14)21-15(16)17/h4-6,8,15H,3,7,9H2,1-2H3,(H,18,19). The van der Waals surface area contributed by atoms with Gasteiger partial charge in [-0.05, 0) is 18.6 Å². The quantitative estimate of drug-likeness (QED) is 0.844. The Morgan fingerprint density at radius 2 is 2.14 bits per heavy atom. The van der Waals surface area contributed by atoms with Crippen LogP contribution in [0.4, 0.5) is 14.5 Å². The Kier molecular flexibility index (Phi) is 5.27. The average molecular weight is 296 g/mol. The minimum Gasteiger partial charge on any atom is -0.432 e. The molecular formula is C15H18F2N2O2. The van der Waals surface area contributed by atoms with Crippen LogP contribution in [0.1, 0.15) is 19.0 Å². The summed E-state index contributed by atoms with van der Waals surface area (Å²) in [6.45, 7) is 0.263. The molecule has 0 radical (unpaired) electrons. The molecule has 0 bridgehead atoms. The lowest BCUT2D eigenvalue weighted by atomic mass is 10.1. The monoisotopic (exact) mass is 296 g/mol. The molecule has 1 N–H and O–H groups in total. The fourth-order valence-electron chi connectivity index (χ4n) is 2.09. The van der Waals surface area contributed by atoms with Crippen molar-refractivity contribution >= 4 is 16.6 Å². The van der Waals surface area contributed by atoms with Crippen molar-refractivity contribution in [1.29, 1.82) is 0 Å². The van der Waals surface area contributed by atoms with Crippen molar-refractivity contribution < 1.29 is 18.3 Å². The van der Waals surface area contributed by atoms with Gasteiger partial charge in [0.1, 0.15) is 5.52 Å². The maximum absolute atomic E-state index is 12.5. The van der Waals surface area contributed by atoms with Crippen molar-refractivity contribution in [2.75, 3.05) is 19.0 Å². The second-order valence-electron chi connectivity index (χ2n) is 4.55. The number of nitrogens with one attached hydrogen (secondary N) is 1. The molecule has 0 aliphatic heterocycles. The van der Waals surface area contributed by atoms with Crippen molar-refractivity contribution in [3.8, 4) is 5.75 Å². The van der Waals surface area contributed by atoms with Crippen LogP contribution in [0.25, 0.3) is 10.9 Å². The van der Waals surface area contributed by atoms with E-state index in [-0.39, 0.29) is 5.75 Å². The van der Waals surface area contributed by atoms with Gasteiger partial charge in [-0.2, -0.15) is 8.78 Å². The highest BCUT2D eigenvalue weighted by atomic mass is 19.3. The van der Waals surface area contributed by atoms with E-state index in [9.17, 15) is 8.78 Å². The van der Waals surface area contributed by atoms with Gasteiger partial charge in [0.15, 0.2) is 5.75 Å². The van der Waals surface area contributed by atoms with Crippen LogP contribution in [0.2, 0.25) is 0 Å². The second-order valence-corrected chi connectivity index (χ2v) is 4.55. The first kappa shape index (κ1) is 15.4. The van der Waals surface area contributed by atoms with Crippen LogP contribution in [0.15, 0.2) is 24.3 Å². The molecule has 0 amide bonds. The molecule has 0 saturated carbocycles. The zero-order valence-electron chi connectivity index (χ0n) is 12.0. The van der Waals surface area contributed by atoms with E-state index in [4.69, 9.17) is 4.74 Å². The Bertz CT molecular complexity index is 605. The van der Waals surface area contributed by atoms with E-state index in [0.717, 1.165) is 24.0 Å². The number of halogens is 2. The van der Waals surface area contributed by atoms with Crippen LogP contribution < -0.4 is 10.1 Å². The molecule has 1 aromatic heterocycles. The van der Waals surface area contributed by atoms with E-state index < -0.39 is 6.61 Å². The lowest BCUT2D eigenvalue weighted by Crippen LogP contribution is -2.06. The van der Waals surface area contributed by atoms with E-state index in [0.29, 0.717) is 17.8 Å². The summed E-state index contributed by atoms with van der Waals surface area (Å²) in [5.41, 5.74) is 1.91. The highest BCUT2D eigenvalue weighted by Crippen LogP contribution is 2.31. The molecule has 6 heteroatoms. The Morgan fingerprint density at radius 1 is 1.33 bits per heavy atom.